The monoisotopic (exact) mass is 319 g/mol. The van der Waals surface area contributed by atoms with E-state index < -0.39 is 6.10 Å². The predicted molar refractivity (Wildman–Crippen MR) is 79.8 cm³/mol. The van der Waals surface area contributed by atoms with Crippen LogP contribution < -0.4 is 10.1 Å². The molecule has 0 radical (unpaired) electrons. The highest BCUT2D eigenvalue weighted by Gasteiger charge is 2.29. The maximum atomic E-state index is 9.94. The third-order valence-corrected chi connectivity index (χ3v) is 3.86. The molecule has 20 heavy (non-hydrogen) atoms. The number of hydrogen-bond acceptors (Lipinski definition) is 4. The van der Waals surface area contributed by atoms with Gasteiger partial charge in [-0.15, -0.1) is 0 Å². The minimum atomic E-state index is -0.623. The van der Waals surface area contributed by atoms with Crippen LogP contribution in [0.1, 0.15) is 13.3 Å². The SMILES string of the molecule is CC1(NCC(O)COc2cc(Cl)ccc2Cl)CCOC1. The molecule has 6 heteroatoms. The van der Waals surface area contributed by atoms with E-state index in [0.717, 1.165) is 13.0 Å². The molecule has 1 saturated heterocycles. The normalized spacial score (nSPS) is 23.8. The van der Waals surface area contributed by atoms with Gasteiger partial charge in [-0.05, 0) is 25.5 Å². The Morgan fingerprint density at radius 3 is 3.00 bits per heavy atom. The molecule has 1 heterocycles. The van der Waals surface area contributed by atoms with Gasteiger partial charge in [0.1, 0.15) is 18.5 Å². The summed E-state index contributed by atoms with van der Waals surface area (Å²) in [5.41, 5.74) is -0.0608. The first-order valence-electron chi connectivity index (χ1n) is 6.57. The van der Waals surface area contributed by atoms with Crippen molar-refractivity contribution in [3.05, 3.63) is 28.2 Å². The van der Waals surface area contributed by atoms with E-state index in [0.29, 0.717) is 28.9 Å². The van der Waals surface area contributed by atoms with Gasteiger partial charge in [0.15, 0.2) is 0 Å². The molecular formula is C14H19Cl2NO3. The molecule has 2 unspecified atom stereocenters. The molecule has 0 amide bonds. The van der Waals surface area contributed by atoms with Crippen LogP contribution in [0.15, 0.2) is 18.2 Å². The Bertz CT molecular complexity index is 450. The van der Waals surface area contributed by atoms with Gasteiger partial charge in [-0.2, -0.15) is 0 Å². The van der Waals surface area contributed by atoms with Crippen molar-refractivity contribution < 1.29 is 14.6 Å². The number of aliphatic hydroxyl groups excluding tert-OH is 1. The molecule has 1 aliphatic rings. The number of ether oxygens (including phenoxy) is 2. The van der Waals surface area contributed by atoms with Crippen LogP contribution in [-0.2, 0) is 4.74 Å². The van der Waals surface area contributed by atoms with E-state index >= 15 is 0 Å². The van der Waals surface area contributed by atoms with Gasteiger partial charge in [-0.25, -0.2) is 0 Å². The molecule has 0 saturated carbocycles. The van der Waals surface area contributed by atoms with E-state index in [1.807, 2.05) is 0 Å². The minimum Gasteiger partial charge on any atom is -0.489 e. The van der Waals surface area contributed by atoms with Gasteiger partial charge >= 0.3 is 0 Å². The fourth-order valence-corrected chi connectivity index (χ4v) is 2.34. The fourth-order valence-electron chi connectivity index (χ4n) is 2.00. The Morgan fingerprint density at radius 1 is 1.50 bits per heavy atom. The van der Waals surface area contributed by atoms with Gasteiger partial charge in [-0.3, -0.25) is 0 Å². The first kappa shape index (κ1) is 15.9. The van der Waals surface area contributed by atoms with Crippen LogP contribution in [-0.4, -0.2) is 43.1 Å². The third kappa shape index (κ3) is 4.50. The molecule has 1 aliphatic heterocycles. The van der Waals surface area contributed by atoms with Crippen LogP contribution >= 0.6 is 23.2 Å². The van der Waals surface area contributed by atoms with Crippen LogP contribution in [0.3, 0.4) is 0 Å². The Balaban J connectivity index is 1.77. The number of aliphatic hydroxyl groups is 1. The standard InChI is InChI=1S/C14H19Cl2NO3/c1-14(4-5-19-9-14)17-7-11(18)8-20-13-6-10(15)2-3-12(13)16/h2-3,6,11,17-18H,4-5,7-9H2,1H3. The van der Waals surface area contributed by atoms with Crippen molar-refractivity contribution in [2.75, 3.05) is 26.4 Å². The van der Waals surface area contributed by atoms with Crippen molar-refractivity contribution in [3.8, 4) is 5.75 Å². The summed E-state index contributed by atoms with van der Waals surface area (Å²) in [6.07, 6.45) is 0.322. The largest absolute Gasteiger partial charge is 0.489 e. The average Bonchev–Trinajstić information content (AvgIpc) is 2.85. The highest BCUT2D eigenvalue weighted by Crippen LogP contribution is 2.27. The Hall–Kier alpha value is -0.520. The molecule has 0 aliphatic carbocycles. The van der Waals surface area contributed by atoms with Crippen LogP contribution in [0.4, 0.5) is 0 Å². The van der Waals surface area contributed by atoms with Gasteiger partial charge in [0.2, 0.25) is 0 Å². The molecule has 1 fully saturated rings. The maximum Gasteiger partial charge on any atom is 0.139 e. The summed E-state index contributed by atoms with van der Waals surface area (Å²) < 4.78 is 10.8. The number of halogens is 2. The second kappa shape index (κ2) is 6.96. The van der Waals surface area contributed by atoms with E-state index in [2.05, 4.69) is 12.2 Å². The first-order valence-corrected chi connectivity index (χ1v) is 7.33. The Kier molecular flexibility index (Phi) is 5.52. The summed E-state index contributed by atoms with van der Waals surface area (Å²) in [5.74, 6) is 0.480. The number of β-amino-alcohol motifs (C(OH)–C–C–N with tert-alkyl or cyclic N) is 1. The van der Waals surface area contributed by atoms with Gasteiger partial charge < -0.3 is 19.9 Å². The molecule has 2 N–H and O–H groups in total. The molecule has 2 atom stereocenters. The second-order valence-electron chi connectivity index (χ2n) is 5.28. The van der Waals surface area contributed by atoms with Gasteiger partial charge in [-0.1, -0.05) is 23.2 Å². The van der Waals surface area contributed by atoms with Crippen LogP contribution in [0, 0.1) is 0 Å². The zero-order valence-electron chi connectivity index (χ0n) is 11.4. The van der Waals surface area contributed by atoms with Gasteiger partial charge in [0, 0.05) is 29.8 Å². The quantitative estimate of drug-likeness (QED) is 0.846. The summed E-state index contributed by atoms with van der Waals surface area (Å²) in [7, 11) is 0. The van der Waals surface area contributed by atoms with Crippen molar-refractivity contribution in [3.63, 3.8) is 0 Å². The first-order chi connectivity index (χ1) is 9.48. The molecule has 112 valence electrons. The number of benzene rings is 1. The Morgan fingerprint density at radius 2 is 2.30 bits per heavy atom. The van der Waals surface area contributed by atoms with Crippen molar-refractivity contribution in [2.45, 2.75) is 25.0 Å². The van der Waals surface area contributed by atoms with Crippen LogP contribution in [0.5, 0.6) is 5.75 Å². The van der Waals surface area contributed by atoms with Crippen molar-refractivity contribution in [1.29, 1.82) is 0 Å². The Labute approximate surface area is 129 Å². The highest BCUT2D eigenvalue weighted by atomic mass is 35.5. The number of nitrogens with one attached hydrogen (secondary N) is 1. The topological polar surface area (TPSA) is 50.7 Å². The van der Waals surface area contributed by atoms with Gasteiger partial charge in [0.05, 0.1) is 11.6 Å². The summed E-state index contributed by atoms with van der Waals surface area (Å²) in [4.78, 5) is 0. The van der Waals surface area contributed by atoms with Crippen LogP contribution in [0.25, 0.3) is 0 Å². The highest BCUT2D eigenvalue weighted by molar-refractivity contribution is 6.34. The van der Waals surface area contributed by atoms with E-state index in [9.17, 15) is 5.11 Å². The zero-order chi connectivity index (χ0) is 14.6. The summed E-state index contributed by atoms with van der Waals surface area (Å²) in [5, 5.41) is 14.3. The van der Waals surface area contributed by atoms with Gasteiger partial charge in [0.25, 0.3) is 0 Å². The van der Waals surface area contributed by atoms with E-state index in [1.54, 1.807) is 18.2 Å². The molecule has 0 spiro atoms. The van der Waals surface area contributed by atoms with Crippen molar-refractivity contribution in [1.82, 2.24) is 5.32 Å². The molecule has 2 rings (SSSR count). The van der Waals surface area contributed by atoms with Crippen LogP contribution in [0.2, 0.25) is 10.0 Å². The lowest BCUT2D eigenvalue weighted by atomic mass is 10.0. The molecule has 4 nitrogen and oxygen atoms in total. The minimum absolute atomic E-state index is 0.0608. The fraction of sp³-hybridized carbons (Fsp3) is 0.571. The smallest absolute Gasteiger partial charge is 0.139 e. The lowest BCUT2D eigenvalue weighted by Crippen LogP contribution is -2.47. The predicted octanol–water partition coefficient (Wildman–Crippen LogP) is 2.50. The average molecular weight is 320 g/mol. The third-order valence-electron chi connectivity index (χ3n) is 3.31. The van der Waals surface area contributed by atoms with E-state index in [4.69, 9.17) is 32.7 Å². The lowest BCUT2D eigenvalue weighted by Gasteiger charge is -2.25. The maximum absolute atomic E-state index is 9.94. The summed E-state index contributed by atoms with van der Waals surface area (Å²) >= 11 is 11.9. The molecule has 1 aromatic rings. The summed E-state index contributed by atoms with van der Waals surface area (Å²) in [6, 6.07) is 4.99. The second-order valence-corrected chi connectivity index (χ2v) is 6.13. The zero-order valence-corrected chi connectivity index (χ0v) is 12.9. The van der Waals surface area contributed by atoms with E-state index in [1.165, 1.54) is 0 Å². The van der Waals surface area contributed by atoms with Crippen molar-refractivity contribution >= 4 is 23.2 Å². The molecule has 1 aromatic carbocycles. The number of hydrogen-bond donors (Lipinski definition) is 2. The molecule has 0 bridgehead atoms. The summed E-state index contributed by atoms with van der Waals surface area (Å²) in [6.45, 7) is 4.11. The van der Waals surface area contributed by atoms with E-state index in [-0.39, 0.29) is 12.1 Å². The molecular weight excluding hydrogens is 301 g/mol. The van der Waals surface area contributed by atoms with Crippen molar-refractivity contribution in [2.24, 2.45) is 0 Å². The number of rotatable bonds is 6. The molecule has 0 aromatic heterocycles. The lowest BCUT2D eigenvalue weighted by molar-refractivity contribution is 0.0945.